The highest BCUT2D eigenvalue weighted by Gasteiger charge is 2.26. The molecule has 0 aliphatic rings. The van der Waals surface area contributed by atoms with Gasteiger partial charge in [0.2, 0.25) is 5.91 Å². The second-order valence-corrected chi connectivity index (χ2v) is 5.04. The summed E-state index contributed by atoms with van der Waals surface area (Å²) < 4.78 is 0. The lowest BCUT2D eigenvalue weighted by molar-refractivity contribution is -0.147. The van der Waals surface area contributed by atoms with Crippen LogP contribution in [0.4, 0.5) is 4.79 Å². The van der Waals surface area contributed by atoms with Crippen LogP contribution in [0, 0.1) is 5.41 Å². The van der Waals surface area contributed by atoms with E-state index in [1.807, 2.05) is 0 Å². The molecule has 0 fully saturated rings. The molecule has 5 N–H and O–H groups in total. The quantitative estimate of drug-likeness (QED) is 0.455. The standard InChI is InChI=1S/C12H23N3O4/c1-12(2,10(17)18)6-8-14-9(16)5-3-4-7-15-11(13)19/h3-8H2,1-2H3,(H,14,16)(H,17,18)(H3,13,15,19). The van der Waals surface area contributed by atoms with Gasteiger partial charge in [-0.3, -0.25) is 9.59 Å². The molecule has 7 heteroatoms. The highest BCUT2D eigenvalue weighted by atomic mass is 16.4. The van der Waals surface area contributed by atoms with Gasteiger partial charge in [-0.1, -0.05) is 0 Å². The molecule has 0 atom stereocenters. The van der Waals surface area contributed by atoms with E-state index in [9.17, 15) is 14.4 Å². The topological polar surface area (TPSA) is 122 Å². The van der Waals surface area contributed by atoms with Crippen LogP contribution in [-0.4, -0.2) is 36.1 Å². The van der Waals surface area contributed by atoms with E-state index in [2.05, 4.69) is 10.6 Å². The number of urea groups is 1. The average molecular weight is 273 g/mol. The van der Waals surface area contributed by atoms with Crippen molar-refractivity contribution in [2.75, 3.05) is 13.1 Å². The third-order valence-corrected chi connectivity index (χ3v) is 2.78. The maximum Gasteiger partial charge on any atom is 0.312 e. The summed E-state index contributed by atoms with van der Waals surface area (Å²) >= 11 is 0. The number of nitrogens with two attached hydrogens (primary N) is 1. The van der Waals surface area contributed by atoms with Gasteiger partial charge in [0.15, 0.2) is 0 Å². The Hall–Kier alpha value is -1.79. The fourth-order valence-electron chi connectivity index (χ4n) is 1.33. The molecule has 0 radical (unpaired) electrons. The molecule has 19 heavy (non-hydrogen) atoms. The first kappa shape index (κ1) is 17.2. The van der Waals surface area contributed by atoms with Gasteiger partial charge in [-0.15, -0.1) is 0 Å². The smallest absolute Gasteiger partial charge is 0.312 e. The first-order valence-corrected chi connectivity index (χ1v) is 6.29. The van der Waals surface area contributed by atoms with Crippen LogP contribution in [0.5, 0.6) is 0 Å². The Labute approximate surface area is 112 Å². The van der Waals surface area contributed by atoms with E-state index in [0.717, 1.165) is 0 Å². The van der Waals surface area contributed by atoms with Gasteiger partial charge in [-0.25, -0.2) is 4.79 Å². The summed E-state index contributed by atoms with van der Waals surface area (Å²) in [6.07, 6.45) is 2.07. The van der Waals surface area contributed by atoms with Gasteiger partial charge in [-0.2, -0.15) is 0 Å². The van der Waals surface area contributed by atoms with Crippen molar-refractivity contribution in [2.24, 2.45) is 11.1 Å². The number of hydrogen-bond acceptors (Lipinski definition) is 3. The molecule has 0 aromatic carbocycles. The molecule has 0 aromatic rings. The van der Waals surface area contributed by atoms with Crippen molar-refractivity contribution in [3.05, 3.63) is 0 Å². The largest absolute Gasteiger partial charge is 0.481 e. The highest BCUT2D eigenvalue weighted by Crippen LogP contribution is 2.19. The predicted molar refractivity (Wildman–Crippen MR) is 70.5 cm³/mol. The Bertz CT molecular complexity index is 329. The van der Waals surface area contributed by atoms with Crippen molar-refractivity contribution in [1.29, 1.82) is 0 Å². The number of amides is 3. The maximum atomic E-state index is 11.4. The zero-order valence-electron chi connectivity index (χ0n) is 11.5. The normalized spacial score (nSPS) is 10.8. The number of unbranched alkanes of at least 4 members (excludes halogenated alkanes) is 1. The monoisotopic (exact) mass is 273 g/mol. The van der Waals surface area contributed by atoms with E-state index in [-0.39, 0.29) is 5.91 Å². The van der Waals surface area contributed by atoms with E-state index in [1.165, 1.54) is 0 Å². The lowest BCUT2D eigenvalue weighted by Crippen LogP contribution is -2.32. The number of carbonyl (C=O) groups is 3. The number of nitrogens with one attached hydrogen (secondary N) is 2. The lowest BCUT2D eigenvalue weighted by atomic mass is 9.90. The summed E-state index contributed by atoms with van der Waals surface area (Å²) in [7, 11) is 0. The fraction of sp³-hybridized carbons (Fsp3) is 0.750. The second-order valence-electron chi connectivity index (χ2n) is 5.04. The number of aliphatic carboxylic acids is 1. The van der Waals surface area contributed by atoms with Crippen LogP contribution < -0.4 is 16.4 Å². The maximum absolute atomic E-state index is 11.4. The summed E-state index contributed by atoms with van der Waals surface area (Å²) in [5.74, 6) is -0.987. The summed E-state index contributed by atoms with van der Waals surface area (Å²) in [5, 5.41) is 14.0. The van der Waals surface area contributed by atoms with E-state index < -0.39 is 17.4 Å². The minimum atomic E-state index is -0.876. The molecular weight excluding hydrogens is 250 g/mol. The molecule has 0 aliphatic carbocycles. The molecule has 7 nitrogen and oxygen atoms in total. The van der Waals surface area contributed by atoms with Gasteiger partial charge in [0.25, 0.3) is 0 Å². The Morgan fingerprint density at radius 1 is 1.11 bits per heavy atom. The molecule has 0 heterocycles. The van der Waals surface area contributed by atoms with Gasteiger partial charge in [0.1, 0.15) is 0 Å². The van der Waals surface area contributed by atoms with Crippen LogP contribution in [-0.2, 0) is 9.59 Å². The van der Waals surface area contributed by atoms with Crippen LogP contribution in [0.1, 0.15) is 39.5 Å². The molecule has 0 aromatic heterocycles. The van der Waals surface area contributed by atoms with Crippen LogP contribution in [0.2, 0.25) is 0 Å². The number of hydrogen-bond donors (Lipinski definition) is 4. The fourth-order valence-corrected chi connectivity index (χ4v) is 1.33. The molecule has 0 bridgehead atoms. The number of carbonyl (C=O) groups excluding carboxylic acids is 2. The second kappa shape index (κ2) is 8.34. The summed E-state index contributed by atoms with van der Waals surface area (Å²) in [6, 6.07) is -0.569. The Balaban J connectivity index is 3.60. The van der Waals surface area contributed by atoms with Crippen LogP contribution in [0.3, 0.4) is 0 Å². The third-order valence-electron chi connectivity index (χ3n) is 2.78. The predicted octanol–water partition coefficient (Wildman–Crippen LogP) is 0.442. The van der Waals surface area contributed by atoms with Crippen molar-refractivity contribution in [1.82, 2.24) is 10.6 Å². The molecule has 0 rings (SSSR count). The minimum Gasteiger partial charge on any atom is -0.481 e. The zero-order chi connectivity index (χ0) is 14.9. The van der Waals surface area contributed by atoms with Crippen LogP contribution in [0.25, 0.3) is 0 Å². The number of primary amides is 1. The Morgan fingerprint density at radius 3 is 2.26 bits per heavy atom. The van der Waals surface area contributed by atoms with Gasteiger partial charge < -0.3 is 21.5 Å². The summed E-state index contributed by atoms with van der Waals surface area (Å²) in [5.41, 5.74) is 4.05. The highest BCUT2D eigenvalue weighted by molar-refractivity contribution is 5.76. The zero-order valence-corrected chi connectivity index (χ0v) is 11.5. The Kier molecular flexibility index (Phi) is 7.55. The summed E-state index contributed by atoms with van der Waals surface area (Å²) in [6.45, 7) is 4.04. The molecule has 3 amide bonds. The van der Waals surface area contributed by atoms with Crippen molar-refractivity contribution in [2.45, 2.75) is 39.5 Å². The Morgan fingerprint density at radius 2 is 1.74 bits per heavy atom. The number of carboxylic acids is 1. The first-order valence-electron chi connectivity index (χ1n) is 6.29. The molecule has 0 spiro atoms. The van der Waals surface area contributed by atoms with Crippen molar-refractivity contribution < 1.29 is 19.5 Å². The molecule has 0 aliphatic heterocycles. The molecule has 0 unspecified atom stereocenters. The molecule has 0 saturated carbocycles. The number of rotatable bonds is 9. The van der Waals surface area contributed by atoms with Gasteiger partial charge >= 0.3 is 12.0 Å². The van der Waals surface area contributed by atoms with Crippen molar-refractivity contribution in [3.8, 4) is 0 Å². The third kappa shape index (κ3) is 8.87. The average Bonchev–Trinajstić information content (AvgIpc) is 2.27. The number of carboxylic acid groups (broad SMARTS) is 1. The molecule has 110 valence electrons. The minimum absolute atomic E-state index is 0.111. The van der Waals surface area contributed by atoms with E-state index in [4.69, 9.17) is 10.8 Å². The molecule has 0 saturated heterocycles. The lowest BCUT2D eigenvalue weighted by Gasteiger charge is -2.18. The summed E-state index contributed by atoms with van der Waals surface area (Å²) in [4.78, 5) is 32.6. The molecular formula is C12H23N3O4. The van der Waals surface area contributed by atoms with E-state index in [1.54, 1.807) is 13.8 Å². The van der Waals surface area contributed by atoms with Gasteiger partial charge in [0.05, 0.1) is 5.41 Å². The van der Waals surface area contributed by atoms with Crippen molar-refractivity contribution >= 4 is 17.9 Å². The van der Waals surface area contributed by atoms with E-state index >= 15 is 0 Å². The van der Waals surface area contributed by atoms with Gasteiger partial charge in [0, 0.05) is 19.5 Å². The van der Waals surface area contributed by atoms with Crippen LogP contribution in [0.15, 0.2) is 0 Å². The first-order chi connectivity index (χ1) is 8.75. The van der Waals surface area contributed by atoms with E-state index in [0.29, 0.717) is 38.8 Å². The van der Waals surface area contributed by atoms with Crippen LogP contribution >= 0.6 is 0 Å². The SMILES string of the molecule is CC(C)(CCNC(=O)CCCCNC(N)=O)C(=O)O. The van der Waals surface area contributed by atoms with Crippen molar-refractivity contribution in [3.63, 3.8) is 0 Å². The van der Waals surface area contributed by atoms with Gasteiger partial charge in [-0.05, 0) is 33.1 Å².